The van der Waals surface area contributed by atoms with Gasteiger partial charge in [0.2, 0.25) is 0 Å². The molecule has 112 heavy (non-hydrogen) atoms. The first-order valence-electron chi connectivity index (χ1n) is 38.2. The number of rotatable bonds is 48. The second kappa shape index (κ2) is 47.9. The highest BCUT2D eigenvalue weighted by Gasteiger charge is 2.34. The van der Waals surface area contributed by atoms with E-state index in [9.17, 15) is 38.4 Å². The molecule has 32 nitrogen and oxygen atoms in total. The molecule has 0 saturated heterocycles. The second-order valence-corrected chi connectivity index (χ2v) is 30.1. The summed E-state index contributed by atoms with van der Waals surface area (Å²) < 4.78 is 53.6. The van der Waals surface area contributed by atoms with E-state index in [-0.39, 0.29) is 46.0 Å². The number of likely N-dealkylation sites (N-methyl/N-ethyl adjacent to an activating group) is 8. The molecular weight excluding hydrogens is 1440 g/mol. The normalized spacial score (nSPS) is 14.6. The van der Waals surface area contributed by atoms with Gasteiger partial charge in [-0.2, -0.15) is 0 Å². The maximum Gasteiger partial charge on any atom is 0.257 e. The van der Waals surface area contributed by atoms with Crippen LogP contribution in [-0.2, 0) is 38.4 Å². The number of hydrogen-bond acceptors (Lipinski definition) is 24. The summed E-state index contributed by atoms with van der Waals surface area (Å²) >= 11 is 0. The lowest BCUT2D eigenvalue weighted by Gasteiger charge is -2.29. The molecule has 0 aliphatic heterocycles. The third kappa shape index (κ3) is 32.8. The minimum absolute atomic E-state index is 0.158. The van der Waals surface area contributed by atoms with E-state index >= 15 is 0 Å². The molecule has 0 fully saturated rings. The van der Waals surface area contributed by atoms with Crippen LogP contribution in [0.3, 0.4) is 0 Å². The molecule has 1 aliphatic rings. The fourth-order valence-electron chi connectivity index (χ4n) is 11.7. The molecule has 8 bridgehead atoms. The van der Waals surface area contributed by atoms with Crippen molar-refractivity contribution in [1.29, 1.82) is 0 Å². The summed E-state index contributed by atoms with van der Waals surface area (Å²) in [4.78, 5) is 127. The summed E-state index contributed by atoms with van der Waals surface area (Å²) in [6, 6.07) is 14.0. The SMILES string of the molecule is CC1c2cc(c(OCC(=O)NCCN(C)C)cc2OCC(=O)NCCN(C)C)C(C)c2cc(c(OCC(=O)NCCN(C)C)cc2OCC(=O)NCCN(C)C)C(C)c2cc(c(OCC(=O)NCCN(C)C)cc2OCC(=O)NCCN(C)C)C(C)c2cc1c(OCC(=O)NCCN(C)C)cc2OCC(=O)NCCN(C)C. The Kier molecular flexibility index (Phi) is 39.9. The molecule has 0 atom stereocenters. The average molecular weight is 1570 g/mol. The van der Waals surface area contributed by atoms with E-state index in [1.807, 2.05) is 204 Å². The topological polar surface area (TPSA) is 333 Å². The van der Waals surface area contributed by atoms with Crippen LogP contribution >= 0.6 is 0 Å². The minimum atomic E-state index is -0.844. The van der Waals surface area contributed by atoms with Crippen molar-refractivity contribution < 1.29 is 76.3 Å². The van der Waals surface area contributed by atoms with Crippen LogP contribution in [0.5, 0.6) is 46.0 Å². The highest BCUT2D eigenvalue weighted by atomic mass is 16.5. The van der Waals surface area contributed by atoms with Crippen molar-refractivity contribution in [3.8, 4) is 46.0 Å². The maximum atomic E-state index is 14.0. The van der Waals surface area contributed by atoms with Crippen molar-refractivity contribution >= 4 is 47.3 Å². The van der Waals surface area contributed by atoms with Crippen molar-refractivity contribution in [1.82, 2.24) is 81.7 Å². The van der Waals surface area contributed by atoms with E-state index in [1.54, 1.807) is 24.3 Å². The van der Waals surface area contributed by atoms with E-state index in [4.69, 9.17) is 37.9 Å². The number of carbonyl (C=O) groups excluding carboxylic acids is 8. The van der Waals surface area contributed by atoms with Crippen LogP contribution in [0.25, 0.3) is 0 Å². The molecule has 0 spiro atoms. The molecule has 32 heteroatoms. The summed E-state index contributed by atoms with van der Waals surface area (Å²) in [6.07, 6.45) is 0. The van der Waals surface area contributed by atoms with Crippen molar-refractivity contribution in [2.45, 2.75) is 51.4 Å². The van der Waals surface area contributed by atoms with Gasteiger partial charge < -0.3 is 120 Å². The molecule has 4 aromatic rings. The number of nitrogens with zero attached hydrogens (tertiary/aromatic N) is 8. The number of ether oxygens (including phenoxy) is 8. The van der Waals surface area contributed by atoms with Crippen LogP contribution in [0.4, 0.5) is 0 Å². The van der Waals surface area contributed by atoms with Crippen LogP contribution in [0.1, 0.15) is 95.9 Å². The van der Waals surface area contributed by atoms with Gasteiger partial charge in [0, 0.05) is 197 Å². The van der Waals surface area contributed by atoms with E-state index in [1.165, 1.54) is 0 Å². The Labute approximate surface area is 663 Å². The van der Waals surface area contributed by atoms with E-state index in [2.05, 4.69) is 42.5 Å². The fraction of sp³-hybridized carbons (Fsp3) is 0.600. The molecule has 0 aromatic heterocycles. The zero-order chi connectivity index (χ0) is 82.7. The highest BCUT2D eigenvalue weighted by molar-refractivity contribution is 5.81. The summed E-state index contributed by atoms with van der Waals surface area (Å²) in [7, 11) is 30.2. The Morgan fingerprint density at radius 2 is 0.321 bits per heavy atom. The van der Waals surface area contributed by atoms with Gasteiger partial charge in [-0.1, -0.05) is 27.7 Å². The van der Waals surface area contributed by atoms with Gasteiger partial charge in [-0.05, 0) is 137 Å². The van der Waals surface area contributed by atoms with Crippen LogP contribution in [-0.4, -0.2) is 357 Å². The molecule has 0 unspecified atom stereocenters. The molecule has 8 N–H and O–H groups in total. The lowest BCUT2D eigenvalue weighted by atomic mass is 9.80. The first-order valence-corrected chi connectivity index (χ1v) is 38.2. The van der Waals surface area contributed by atoms with Crippen LogP contribution in [0.2, 0.25) is 0 Å². The third-order valence-electron chi connectivity index (χ3n) is 18.2. The van der Waals surface area contributed by atoms with Gasteiger partial charge in [-0.3, -0.25) is 38.4 Å². The fourth-order valence-corrected chi connectivity index (χ4v) is 11.7. The summed E-state index contributed by atoms with van der Waals surface area (Å²) in [6.45, 7) is 10.6. The van der Waals surface area contributed by atoms with E-state index < -0.39 is 124 Å². The van der Waals surface area contributed by atoms with Crippen LogP contribution in [0.15, 0.2) is 48.5 Å². The zero-order valence-corrected chi connectivity index (χ0v) is 70.0. The Hall–Kier alpha value is -9.28. The molecule has 8 amide bonds. The summed E-state index contributed by atoms with van der Waals surface area (Å²) in [5.41, 5.74) is 3.67. The zero-order valence-electron chi connectivity index (χ0n) is 70.0. The molecule has 0 saturated carbocycles. The first-order chi connectivity index (χ1) is 53.1. The molecular formula is C80H128N16O16. The molecule has 1 aliphatic carbocycles. The van der Waals surface area contributed by atoms with Gasteiger partial charge >= 0.3 is 0 Å². The molecule has 4 aromatic carbocycles. The number of fused-ring (bicyclic) bond motifs is 8. The van der Waals surface area contributed by atoms with Crippen LogP contribution in [0, 0.1) is 0 Å². The predicted molar refractivity (Wildman–Crippen MR) is 432 cm³/mol. The Balaban J connectivity index is 2.08. The Morgan fingerprint density at radius 3 is 0.420 bits per heavy atom. The third-order valence-corrected chi connectivity index (χ3v) is 18.2. The van der Waals surface area contributed by atoms with Crippen molar-refractivity contribution in [3.63, 3.8) is 0 Å². The Bertz CT molecular complexity index is 3020. The van der Waals surface area contributed by atoms with Crippen LogP contribution < -0.4 is 80.4 Å². The summed E-state index contributed by atoms with van der Waals surface area (Å²) in [5.74, 6) is -5.60. The number of benzene rings is 4. The quantitative estimate of drug-likeness (QED) is 0.0307. The lowest BCUT2D eigenvalue weighted by molar-refractivity contribution is -0.124. The van der Waals surface area contributed by atoms with Gasteiger partial charge in [0.25, 0.3) is 47.3 Å². The van der Waals surface area contributed by atoms with Gasteiger partial charge in [0.15, 0.2) is 52.9 Å². The van der Waals surface area contributed by atoms with E-state index in [0.29, 0.717) is 149 Å². The average Bonchev–Trinajstić information content (AvgIpc) is 0.753. The van der Waals surface area contributed by atoms with Gasteiger partial charge in [-0.15, -0.1) is 0 Å². The standard InChI is InChI=1S/C80H128N16O16/c1-53-57-37-59(67(107-47-75(99)83-23-31-91(9)10)41-65(57)105-45-73(97)81-21-29-89(5)6)54(2)61-39-63(71(111-51-79(103)87-27-35-95(17)18)43-69(61)109-49-77(101)85-25-33-93(13)14)56(4)64-40-62(70(110-50-78(102)86-26-34-94(15)16)44-72(64)112-52-80(104)88-28-36-96(19)20)55(3)60-38-58(53)66(106-46-74(98)82-22-30-90(7)8)42-68(60)108-48-76(100)84-24-32-92(11)12/h37-44,53-56H,21-36,45-52H2,1-20H3,(H,81,97)(H,82,98)(H,83,99)(H,84,100)(H,85,101)(H,86,102)(H,87,103)(H,88,104). The smallest absolute Gasteiger partial charge is 0.257 e. The molecule has 624 valence electrons. The molecule has 5 rings (SSSR count). The number of carbonyl (C=O) groups is 8. The monoisotopic (exact) mass is 1570 g/mol. The van der Waals surface area contributed by atoms with Crippen molar-refractivity contribution in [2.75, 3.05) is 270 Å². The predicted octanol–water partition coefficient (Wildman–Crippen LogP) is 1.06. The van der Waals surface area contributed by atoms with E-state index in [0.717, 1.165) is 0 Å². The van der Waals surface area contributed by atoms with Gasteiger partial charge in [0.1, 0.15) is 46.0 Å². The summed E-state index contributed by atoms with van der Waals surface area (Å²) in [5, 5.41) is 23.5. The number of hydrogen-bond donors (Lipinski definition) is 8. The van der Waals surface area contributed by atoms with Gasteiger partial charge in [0.05, 0.1) is 0 Å². The first kappa shape index (κ1) is 93.3. The lowest BCUT2D eigenvalue weighted by Crippen LogP contribution is -2.35. The van der Waals surface area contributed by atoms with Crippen molar-refractivity contribution in [2.24, 2.45) is 0 Å². The Morgan fingerprint density at radius 1 is 0.214 bits per heavy atom. The minimum Gasteiger partial charge on any atom is -0.483 e. The number of nitrogens with one attached hydrogen (secondary N) is 8. The maximum absolute atomic E-state index is 14.0. The largest absolute Gasteiger partial charge is 0.483 e. The van der Waals surface area contributed by atoms with Gasteiger partial charge in [-0.25, -0.2) is 0 Å². The molecule has 0 heterocycles. The second-order valence-electron chi connectivity index (χ2n) is 30.1. The number of amides is 8. The van der Waals surface area contributed by atoms with Crippen molar-refractivity contribution in [3.05, 3.63) is 93.0 Å². The highest BCUT2D eigenvalue weighted by Crippen LogP contribution is 2.51. The molecule has 0 radical (unpaired) electrons.